The van der Waals surface area contributed by atoms with Crippen LogP contribution in [0.5, 0.6) is 0 Å². The molecule has 0 spiro atoms. The number of imidazole rings is 1. The molecule has 8 heteroatoms. The molecule has 2 aromatic heterocycles. The van der Waals surface area contributed by atoms with Crippen LogP contribution in [0.25, 0.3) is 11.0 Å². The van der Waals surface area contributed by atoms with E-state index in [1.165, 1.54) is 49.7 Å². The molecule has 0 radical (unpaired) electrons. The molecular formula is C32H42N5NaO2. The van der Waals surface area contributed by atoms with E-state index in [1.54, 1.807) is 4.68 Å². The molecule has 1 aliphatic carbocycles. The minimum absolute atomic E-state index is 0. The molecule has 40 heavy (non-hydrogen) atoms. The number of nitrogens with zero attached hydrogens (tertiary/aromatic N) is 5. The number of fused-ring (bicyclic) bond motifs is 1. The van der Waals surface area contributed by atoms with E-state index in [0.29, 0.717) is 5.92 Å². The zero-order chi connectivity index (χ0) is 27.7. The number of carboxylic acids is 1. The van der Waals surface area contributed by atoms with Gasteiger partial charge in [0.1, 0.15) is 11.3 Å². The number of carboxylic acid groups (broad SMARTS) is 1. The number of aliphatic carboxylic acids is 1. The maximum atomic E-state index is 12.6. The van der Waals surface area contributed by atoms with Gasteiger partial charge >= 0.3 is 35.5 Å². The van der Waals surface area contributed by atoms with Crippen molar-refractivity contribution in [1.82, 2.24) is 24.5 Å². The monoisotopic (exact) mass is 551 g/mol. The Labute approximate surface area is 259 Å². The van der Waals surface area contributed by atoms with E-state index in [2.05, 4.69) is 52.3 Å². The third-order valence-corrected chi connectivity index (χ3v) is 8.96. The van der Waals surface area contributed by atoms with Crippen LogP contribution in [-0.2, 0) is 24.8 Å². The molecule has 1 fully saturated rings. The van der Waals surface area contributed by atoms with Crippen molar-refractivity contribution in [3.05, 3.63) is 76.4 Å². The van der Waals surface area contributed by atoms with E-state index >= 15 is 0 Å². The van der Waals surface area contributed by atoms with E-state index in [0.717, 1.165) is 46.5 Å². The molecule has 1 saturated carbocycles. The van der Waals surface area contributed by atoms with Crippen molar-refractivity contribution in [3.63, 3.8) is 0 Å². The topological polar surface area (TPSA) is 85.8 Å². The summed E-state index contributed by atoms with van der Waals surface area (Å²) in [5, 5.41) is 18.9. The van der Waals surface area contributed by atoms with Crippen molar-refractivity contribution in [1.29, 1.82) is 0 Å². The van der Waals surface area contributed by atoms with Crippen molar-refractivity contribution >= 4 is 46.6 Å². The first-order valence-corrected chi connectivity index (χ1v) is 14.3. The standard InChI is InChI=1S/C32H41N5O2.Na.H/c1-21-12-13-24(19-25(21)20-37-17-16-33-28(37)18-23-10-8-6-7-9-11-23)29(32(3,4)31(38)39)26-14-15-27-30(22(26)2)34-35-36(27)5;;/h12-17,19,23,29H,6-11,18,20H2,1-5H3,(H,38,39);;/t29-;;/m0../s1. The Morgan fingerprint density at radius 1 is 1.10 bits per heavy atom. The Morgan fingerprint density at radius 3 is 2.52 bits per heavy atom. The van der Waals surface area contributed by atoms with Gasteiger partial charge in [0.15, 0.2) is 0 Å². The van der Waals surface area contributed by atoms with Gasteiger partial charge in [0.25, 0.3) is 0 Å². The summed E-state index contributed by atoms with van der Waals surface area (Å²) in [5.41, 5.74) is 6.05. The average molecular weight is 552 g/mol. The van der Waals surface area contributed by atoms with Crippen molar-refractivity contribution in [2.45, 2.75) is 85.1 Å². The normalized spacial score (nSPS) is 15.5. The predicted octanol–water partition coefficient (Wildman–Crippen LogP) is 5.94. The first-order valence-electron chi connectivity index (χ1n) is 14.3. The predicted molar refractivity (Wildman–Crippen MR) is 161 cm³/mol. The molecule has 5 rings (SSSR count). The molecule has 0 aliphatic heterocycles. The molecule has 0 saturated heterocycles. The van der Waals surface area contributed by atoms with Crippen LogP contribution in [0.3, 0.4) is 0 Å². The molecule has 2 heterocycles. The summed E-state index contributed by atoms with van der Waals surface area (Å²) in [7, 11) is 1.87. The molecule has 0 bridgehead atoms. The van der Waals surface area contributed by atoms with Crippen LogP contribution < -0.4 is 0 Å². The summed E-state index contributed by atoms with van der Waals surface area (Å²) in [5.74, 6) is 0.682. The van der Waals surface area contributed by atoms with Crippen LogP contribution in [0.2, 0.25) is 0 Å². The summed E-state index contributed by atoms with van der Waals surface area (Å²) >= 11 is 0. The first-order chi connectivity index (χ1) is 18.7. The molecule has 1 aliphatic rings. The van der Waals surface area contributed by atoms with Gasteiger partial charge in [-0.15, -0.1) is 5.10 Å². The van der Waals surface area contributed by atoms with Gasteiger partial charge in [0, 0.05) is 38.3 Å². The van der Waals surface area contributed by atoms with Crippen molar-refractivity contribution in [2.24, 2.45) is 18.4 Å². The van der Waals surface area contributed by atoms with Gasteiger partial charge in [0.05, 0.1) is 10.9 Å². The number of benzene rings is 2. The van der Waals surface area contributed by atoms with Gasteiger partial charge in [-0.25, -0.2) is 9.67 Å². The quantitative estimate of drug-likeness (QED) is 0.216. The van der Waals surface area contributed by atoms with Crippen LogP contribution in [-0.4, -0.2) is 65.2 Å². The fourth-order valence-corrected chi connectivity index (χ4v) is 6.40. The Kier molecular flexibility index (Phi) is 9.59. The second kappa shape index (κ2) is 12.6. The Morgan fingerprint density at radius 2 is 1.82 bits per heavy atom. The number of aryl methyl sites for hydroxylation is 3. The van der Waals surface area contributed by atoms with Crippen molar-refractivity contribution < 1.29 is 9.90 Å². The molecular weight excluding hydrogens is 509 g/mol. The summed E-state index contributed by atoms with van der Waals surface area (Å²) in [6.45, 7) is 8.53. The second-order valence-electron chi connectivity index (χ2n) is 12.0. The Hall–Kier alpha value is -2.48. The van der Waals surface area contributed by atoms with Gasteiger partial charge in [-0.3, -0.25) is 4.79 Å². The van der Waals surface area contributed by atoms with Crippen LogP contribution in [0.15, 0.2) is 42.7 Å². The van der Waals surface area contributed by atoms with Crippen LogP contribution in [0, 0.1) is 25.2 Å². The molecule has 2 aromatic carbocycles. The van der Waals surface area contributed by atoms with Crippen LogP contribution in [0.4, 0.5) is 0 Å². The minimum atomic E-state index is -1.03. The number of aromatic nitrogens is 5. The zero-order valence-corrected chi connectivity index (χ0v) is 23.9. The molecule has 0 unspecified atom stereocenters. The zero-order valence-electron chi connectivity index (χ0n) is 23.9. The Balaban J connectivity index is 0.00000370. The van der Waals surface area contributed by atoms with Gasteiger partial charge in [-0.1, -0.05) is 68.0 Å². The molecule has 208 valence electrons. The van der Waals surface area contributed by atoms with E-state index in [1.807, 2.05) is 40.1 Å². The summed E-state index contributed by atoms with van der Waals surface area (Å²) in [6, 6.07) is 10.5. The summed E-state index contributed by atoms with van der Waals surface area (Å²) in [4.78, 5) is 17.4. The molecule has 1 N–H and O–H groups in total. The second-order valence-corrected chi connectivity index (χ2v) is 12.0. The SMILES string of the molecule is Cc1ccc([C@@H](c2ccc3c(nnn3C)c2C)C(C)(C)C(=O)O)cc1Cn1ccnc1CC1CCCCCC1.[NaH]. The van der Waals surface area contributed by atoms with Gasteiger partial charge in [-0.05, 0) is 67.5 Å². The van der Waals surface area contributed by atoms with Gasteiger partial charge < -0.3 is 9.67 Å². The van der Waals surface area contributed by atoms with E-state index in [4.69, 9.17) is 4.98 Å². The fraction of sp³-hybridized carbons (Fsp3) is 0.500. The van der Waals surface area contributed by atoms with Crippen molar-refractivity contribution in [2.75, 3.05) is 0 Å². The van der Waals surface area contributed by atoms with E-state index in [9.17, 15) is 9.90 Å². The molecule has 0 amide bonds. The molecule has 7 nitrogen and oxygen atoms in total. The Bertz CT molecular complexity index is 1480. The summed E-state index contributed by atoms with van der Waals surface area (Å²) < 4.78 is 4.04. The van der Waals surface area contributed by atoms with Gasteiger partial charge in [0.2, 0.25) is 0 Å². The van der Waals surface area contributed by atoms with E-state index < -0.39 is 11.4 Å². The first kappa shape index (κ1) is 30.5. The number of hydrogen-bond donors (Lipinski definition) is 1. The molecule has 4 aromatic rings. The third kappa shape index (κ3) is 6.07. The number of carbonyl (C=O) groups is 1. The number of rotatable bonds is 8. The van der Waals surface area contributed by atoms with Crippen LogP contribution >= 0.6 is 0 Å². The summed E-state index contributed by atoms with van der Waals surface area (Å²) in [6.07, 6.45) is 13.0. The maximum absolute atomic E-state index is 12.6. The fourth-order valence-electron chi connectivity index (χ4n) is 6.40. The van der Waals surface area contributed by atoms with Gasteiger partial charge in [-0.2, -0.15) is 0 Å². The molecule has 1 atom stereocenters. The average Bonchev–Trinajstić information content (AvgIpc) is 3.40. The third-order valence-electron chi connectivity index (χ3n) is 8.96. The van der Waals surface area contributed by atoms with E-state index in [-0.39, 0.29) is 35.5 Å². The van der Waals surface area contributed by atoms with Crippen molar-refractivity contribution in [3.8, 4) is 0 Å². The number of hydrogen-bond acceptors (Lipinski definition) is 4. The van der Waals surface area contributed by atoms with Crippen LogP contribution in [0.1, 0.15) is 91.9 Å².